The summed E-state index contributed by atoms with van der Waals surface area (Å²) < 4.78 is 5.70. The van der Waals surface area contributed by atoms with Crippen molar-refractivity contribution in [3.05, 3.63) is 29.3 Å². The first-order valence-corrected chi connectivity index (χ1v) is 8.77. The van der Waals surface area contributed by atoms with Crippen LogP contribution in [0.1, 0.15) is 24.5 Å². The van der Waals surface area contributed by atoms with Gasteiger partial charge >= 0.3 is 6.03 Å². The highest BCUT2D eigenvalue weighted by Crippen LogP contribution is 2.41. The van der Waals surface area contributed by atoms with Gasteiger partial charge in [0.25, 0.3) is 0 Å². The number of hydrogen-bond acceptors (Lipinski definition) is 3. The lowest BCUT2D eigenvalue weighted by Gasteiger charge is -2.29. The maximum Gasteiger partial charge on any atom is 0.317 e. The Morgan fingerprint density at radius 1 is 1.35 bits per heavy atom. The molecule has 0 aromatic heterocycles. The van der Waals surface area contributed by atoms with Crippen LogP contribution in [0.15, 0.2) is 18.2 Å². The Bertz CT molecular complexity index is 594. The van der Waals surface area contributed by atoms with Crippen LogP contribution < -0.4 is 15.4 Å². The Hall–Kier alpha value is -1.75. The van der Waals surface area contributed by atoms with Crippen LogP contribution in [0.2, 0.25) is 0 Å². The van der Waals surface area contributed by atoms with Crippen molar-refractivity contribution in [3.8, 4) is 5.75 Å². The number of benzene rings is 1. The fourth-order valence-corrected chi connectivity index (χ4v) is 3.88. The number of piperidine rings is 1. The van der Waals surface area contributed by atoms with Crippen molar-refractivity contribution in [1.29, 1.82) is 0 Å². The second-order valence-electron chi connectivity index (χ2n) is 6.91. The number of amides is 2. The zero-order chi connectivity index (χ0) is 15.8. The summed E-state index contributed by atoms with van der Waals surface area (Å²) in [5.74, 6) is 2.27. The van der Waals surface area contributed by atoms with Crippen molar-refractivity contribution in [2.24, 2.45) is 11.8 Å². The van der Waals surface area contributed by atoms with E-state index in [1.54, 1.807) is 0 Å². The molecule has 1 unspecified atom stereocenters. The van der Waals surface area contributed by atoms with Gasteiger partial charge in [-0.15, -0.1) is 0 Å². The topological polar surface area (TPSA) is 53.6 Å². The minimum Gasteiger partial charge on any atom is -0.494 e. The van der Waals surface area contributed by atoms with Crippen molar-refractivity contribution < 1.29 is 9.53 Å². The van der Waals surface area contributed by atoms with Crippen LogP contribution in [0, 0.1) is 11.8 Å². The third-order valence-electron chi connectivity index (χ3n) is 5.33. The van der Waals surface area contributed by atoms with Crippen LogP contribution in [-0.4, -0.2) is 43.2 Å². The highest BCUT2D eigenvalue weighted by Gasteiger charge is 2.53. The lowest BCUT2D eigenvalue weighted by Crippen LogP contribution is -2.45. The molecule has 4 rings (SSSR count). The Balaban J connectivity index is 1.35. The van der Waals surface area contributed by atoms with E-state index in [0.717, 1.165) is 44.8 Å². The Labute approximate surface area is 137 Å². The molecule has 2 heterocycles. The van der Waals surface area contributed by atoms with Crippen LogP contribution in [-0.2, 0) is 13.0 Å². The van der Waals surface area contributed by atoms with Crippen molar-refractivity contribution in [2.45, 2.75) is 32.4 Å². The number of nitrogens with one attached hydrogen (secondary N) is 2. The SMILES string of the molecule is CCCOc1ccc2c(c1)CCN(C(=O)NC1[C@H]3CNC[C@@H]13)C2. The largest absolute Gasteiger partial charge is 0.494 e. The predicted octanol–water partition coefficient (Wildman–Crippen LogP) is 1.76. The number of carbonyl (C=O) groups excluding carboxylic acids is 1. The van der Waals surface area contributed by atoms with Crippen LogP contribution in [0.5, 0.6) is 5.75 Å². The summed E-state index contributed by atoms with van der Waals surface area (Å²) >= 11 is 0. The van der Waals surface area contributed by atoms with Gasteiger partial charge in [-0.1, -0.05) is 13.0 Å². The van der Waals surface area contributed by atoms with E-state index >= 15 is 0 Å². The fraction of sp³-hybridized carbons (Fsp3) is 0.611. The number of ether oxygens (including phenoxy) is 1. The molecule has 5 nitrogen and oxygen atoms in total. The van der Waals surface area contributed by atoms with Crippen LogP contribution in [0.3, 0.4) is 0 Å². The Morgan fingerprint density at radius 3 is 2.96 bits per heavy atom. The van der Waals surface area contributed by atoms with Gasteiger partial charge in [0.15, 0.2) is 0 Å². The Morgan fingerprint density at radius 2 is 2.17 bits per heavy atom. The first kappa shape index (κ1) is 14.8. The normalized spacial score (nSPS) is 28.0. The molecule has 2 fully saturated rings. The average Bonchev–Trinajstić information content (AvgIpc) is 3.00. The lowest BCUT2D eigenvalue weighted by atomic mass is 10.00. The average molecular weight is 315 g/mol. The van der Waals surface area contributed by atoms with Gasteiger partial charge in [-0.25, -0.2) is 4.79 Å². The van der Waals surface area contributed by atoms with Gasteiger partial charge in [0.05, 0.1) is 6.61 Å². The van der Waals surface area contributed by atoms with Gasteiger partial charge < -0.3 is 20.3 Å². The predicted molar refractivity (Wildman–Crippen MR) is 88.5 cm³/mol. The molecule has 1 aliphatic carbocycles. The molecule has 5 heteroatoms. The minimum atomic E-state index is 0.0985. The number of nitrogens with zero attached hydrogens (tertiary/aromatic N) is 1. The maximum atomic E-state index is 12.5. The molecular weight excluding hydrogens is 290 g/mol. The highest BCUT2D eigenvalue weighted by molar-refractivity contribution is 5.75. The molecule has 3 atom stereocenters. The van der Waals surface area contributed by atoms with Gasteiger partial charge in [-0.05, 0) is 47.9 Å². The molecule has 1 saturated carbocycles. The summed E-state index contributed by atoms with van der Waals surface area (Å²) in [6.45, 7) is 6.47. The number of hydrogen-bond donors (Lipinski definition) is 2. The molecule has 0 spiro atoms. The molecule has 124 valence electrons. The third-order valence-corrected chi connectivity index (χ3v) is 5.33. The smallest absolute Gasteiger partial charge is 0.317 e. The van der Waals surface area contributed by atoms with Crippen molar-refractivity contribution in [2.75, 3.05) is 26.2 Å². The summed E-state index contributed by atoms with van der Waals surface area (Å²) in [5, 5.41) is 6.58. The van der Waals surface area contributed by atoms with Crippen LogP contribution in [0.4, 0.5) is 4.79 Å². The van der Waals surface area contributed by atoms with E-state index in [1.165, 1.54) is 11.1 Å². The first-order valence-electron chi connectivity index (χ1n) is 8.77. The van der Waals surface area contributed by atoms with Crippen LogP contribution in [0.25, 0.3) is 0 Å². The number of rotatable bonds is 4. The van der Waals surface area contributed by atoms with Crippen molar-refractivity contribution >= 4 is 6.03 Å². The Kier molecular flexibility index (Phi) is 3.89. The zero-order valence-electron chi connectivity index (χ0n) is 13.7. The molecule has 23 heavy (non-hydrogen) atoms. The molecule has 2 aliphatic heterocycles. The van der Waals surface area contributed by atoms with E-state index in [1.807, 2.05) is 11.0 Å². The molecule has 1 aromatic carbocycles. The third kappa shape index (κ3) is 2.90. The second kappa shape index (κ2) is 6.04. The summed E-state index contributed by atoms with van der Waals surface area (Å²) in [4.78, 5) is 14.4. The first-order chi connectivity index (χ1) is 11.3. The quantitative estimate of drug-likeness (QED) is 0.890. The molecule has 1 saturated heterocycles. The van der Waals surface area contributed by atoms with E-state index in [0.29, 0.717) is 24.4 Å². The standard InChI is InChI=1S/C18H25N3O2/c1-2-7-23-14-4-3-13-11-21(6-5-12(13)8-14)18(22)20-17-15-9-19-10-16(15)17/h3-4,8,15-17,19H,2,5-7,9-11H2,1H3,(H,20,22)/t15-,16+,17?. The summed E-state index contributed by atoms with van der Waals surface area (Å²) in [6, 6.07) is 6.76. The van der Waals surface area contributed by atoms with Crippen molar-refractivity contribution in [1.82, 2.24) is 15.5 Å². The van der Waals surface area contributed by atoms with E-state index in [2.05, 4.69) is 29.7 Å². The molecule has 0 bridgehead atoms. The monoisotopic (exact) mass is 315 g/mol. The maximum absolute atomic E-state index is 12.5. The van der Waals surface area contributed by atoms with E-state index in [4.69, 9.17) is 4.74 Å². The second-order valence-corrected chi connectivity index (χ2v) is 6.91. The van der Waals surface area contributed by atoms with Gasteiger partial charge in [0.1, 0.15) is 5.75 Å². The summed E-state index contributed by atoms with van der Waals surface area (Å²) in [7, 11) is 0. The minimum absolute atomic E-state index is 0.0985. The van der Waals surface area contributed by atoms with E-state index in [-0.39, 0.29) is 6.03 Å². The molecule has 1 aromatic rings. The number of fused-ring (bicyclic) bond motifs is 2. The van der Waals surface area contributed by atoms with E-state index < -0.39 is 0 Å². The number of urea groups is 1. The summed E-state index contributed by atoms with van der Waals surface area (Å²) in [6.07, 6.45) is 1.93. The molecule has 2 amide bonds. The zero-order valence-corrected chi connectivity index (χ0v) is 13.7. The highest BCUT2D eigenvalue weighted by atomic mass is 16.5. The van der Waals surface area contributed by atoms with Crippen LogP contribution >= 0.6 is 0 Å². The van der Waals surface area contributed by atoms with Crippen molar-refractivity contribution in [3.63, 3.8) is 0 Å². The van der Waals surface area contributed by atoms with Gasteiger partial charge in [0, 0.05) is 32.2 Å². The number of carbonyl (C=O) groups is 1. The van der Waals surface area contributed by atoms with Gasteiger partial charge in [-0.3, -0.25) is 0 Å². The lowest BCUT2D eigenvalue weighted by molar-refractivity contribution is 0.190. The van der Waals surface area contributed by atoms with E-state index in [9.17, 15) is 4.79 Å². The molecule has 2 N–H and O–H groups in total. The van der Waals surface area contributed by atoms with Gasteiger partial charge in [-0.2, -0.15) is 0 Å². The fourth-order valence-electron chi connectivity index (χ4n) is 3.88. The van der Waals surface area contributed by atoms with Gasteiger partial charge in [0.2, 0.25) is 0 Å². The molecule has 3 aliphatic rings. The summed E-state index contributed by atoms with van der Waals surface area (Å²) in [5.41, 5.74) is 2.56. The molecular formula is C18H25N3O2. The molecule has 0 radical (unpaired) electrons.